The van der Waals surface area contributed by atoms with Gasteiger partial charge in [-0.3, -0.25) is 4.79 Å². The lowest BCUT2D eigenvalue weighted by Gasteiger charge is -2.07. The fourth-order valence-electron chi connectivity index (χ4n) is 1.97. The van der Waals surface area contributed by atoms with Crippen LogP contribution in [0.3, 0.4) is 0 Å². The lowest BCUT2D eigenvalue weighted by atomic mass is 10.2. The topological polar surface area (TPSA) is 55.1 Å². The van der Waals surface area contributed by atoms with E-state index in [4.69, 9.17) is 4.42 Å². The van der Waals surface area contributed by atoms with Gasteiger partial charge in [0.1, 0.15) is 11.6 Å². The minimum atomic E-state index is -0.172. The molecule has 0 unspecified atom stereocenters. The summed E-state index contributed by atoms with van der Waals surface area (Å²) < 4.78 is 6.21. The highest BCUT2D eigenvalue weighted by Gasteiger charge is 2.31. The van der Waals surface area contributed by atoms with Crippen LogP contribution in [0.15, 0.2) is 33.5 Å². The molecule has 0 radical (unpaired) electrons. The number of aromatic nitrogens is 1. The van der Waals surface area contributed by atoms with Gasteiger partial charge >= 0.3 is 0 Å². The maximum absolute atomic E-state index is 12.3. The summed E-state index contributed by atoms with van der Waals surface area (Å²) in [6, 6.07) is 3.60. The van der Waals surface area contributed by atoms with Crippen LogP contribution in [0.1, 0.15) is 40.4 Å². The Morgan fingerprint density at radius 2 is 2.26 bits per heavy atom. The molecule has 1 saturated carbocycles. The highest BCUT2D eigenvalue weighted by Crippen LogP contribution is 2.42. The molecule has 0 saturated heterocycles. The molecule has 0 atom stereocenters. The van der Waals surface area contributed by atoms with Gasteiger partial charge in [0.25, 0.3) is 5.91 Å². The Morgan fingerprint density at radius 1 is 1.47 bits per heavy atom. The second-order valence-corrected chi connectivity index (χ2v) is 5.51. The zero-order valence-electron chi connectivity index (χ0n) is 10.4. The molecule has 4 nitrogen and oxygen atoms in total. The molecular formula is C14H13BrN2O2. The zero-order valence-corrected chi connectivity index (χ0v) is 12.0. The van der Waals surface area contributed by atoms with Gasteiger partial charge in [0.2, 0.25) is 0 Å². The van der Waals surface area contributed by atoms with Crippen LogP contribution in [0, 0.1) is 6.92 Å². The Labute approximate surface area is 119 Å². The third kappa shape index (κ3) is 2.42. The number of amides is 1. The summed E-state index contributed by atoms with van der Waals surface area (Å²) >= 11 is 3.43. The van der Waals surface area contributed by atoms with Crippen molar-refractivity contribution >= 4 is 27.7 Å². The molecule has 2 aromatic heterocycles. The number of anilines is 1. The van der Waals surface area contributed by atoms with Crippen LogP contribution >= 0.6 is 15.9 Å². The molecule has 2 aromatic rings. The molecule has 98 valence electrons. The van der Waals surface area contributed by atoms with Gasteiger partial charge in [0.05, 0.1) is 16.3 Å². The van der Waals surface area contributed by atoms with E-state index in [0.717, 1.165) is 28.6 Å². The van der Waals surface area contributed by atoms with Crippen molar-refractivity contribution in [1.29, 1.82) is 0 Å². The van der Waals surface area contributed by atoms with Gasteiger partial charge in [-0.05, 0) is 53.4 Å². The maximum atomic E-state index is 12.3. The van der Waals surface area contributed by atoms with E-state index in [0.29, 0.717) is 17.3 Å². The van der Waals surface area contributed by atoms with Gasteiger partial charge in [-0.25, -0.2) is 4.98 Å². The van der Waals surface area contributed by atoms with Crippen LogP contribution in [-0.2, 0) is 0 Å². The van der Waals surface area contributed by atoms with Crippen molar-refractivity contribution in [3.63, 3.8) is 0 Å². The van der Waals surface area contributed by atoms with Crippen molar-refractivity contribution < 1.29 is 9.21 Å². The molecule has 0 bridgehead atoms. The van der Waals surface area contributed by atoms with Gasteiger partial charge < -0.3 is 9.73 Å². The number of halogens is 1. The third-order valence-electron chi connectivity index (χ3n) is 3.20. The molecule has 0 aromatic carbocycles. The summed E-state index contributed by atoms with van der Waals surface area (Å²) in [6.07, 6.45) is 5.44. The third-order valence-corrected chi connectivity index (χ3v) is 4.20. The van der Waals surface area contributed by atoms with E-state index < -0.39 is 0 Å². The van der Waals surface area contributed by atoms with E-state index in [1.165, 1.54) is 0 Å². The molecule has 2 heterocycles. The van der Waals surface area contributed by atoms with Crippen LogP contribution in [0.25, 0.3) is 0 Å². The van der Waals surface area contributed by atoms with Crippen LogP contribution in [0.4, 0.5) is 5.82 Å². The number of rotatable bonds is 3. The number of carbonyl (C=O) groups excluding carboxylic acids is 1. The molecule has 0 aliphatic heterocycles. The van der Waals surface area contributed by atoms with Crippen molar-refractivity contribution in [2.45, 2.75) is 25.7 Å². The number of hydrogen-bond donors (Lipinski definition) is 1. The predicted octanol–water partition coefficient (Wildman–Crippen LogP) is 3.88. The van der Waals surface area contributed by atoms with Gasteiger partial charge in [-0.2, -0.15) is 0 Å². The molecular weight excluding hydrogens is 308 g/mol. The quantitative estimate of drug-likeness (QED) is 0.933. The Hall–Kier alpha value is -1.62. The normalized spacial score (nSPS) is 14.4. The van der Waals surface area contributed by atoms with E-state index in [9.17, 15) is 4.79 Å². The van der Waals surface area contributed by atoms with Crippen LogP contribution in [0.2, 0.25) is 0 Å². The Balaban J connectivity index is 1.84. The van der Waals surface area contributed by atoms with Crippen molar-refractivity contribution in [1.82, 2.24) is 4.98 Å². The summed E-state index contributed by atoms with van der Waals surface area (Å²) in [6.45, 7) is 1.95. The molecule has 3 rings (SSSR count). The first-order valence-electron chi connectivity index (χ1n) is 6.16. The number of furan rings is 1. The van der Waals surface area contributed by atoms with Crippen molar-refractivity contribution in [3.8, 4) is 0 Å². The van der Waals surface area contributed by atoms with Crippen molar-refractivity contribution in [2.75, 3.05) is 5.32 Å². The van der Waals surface area contributed by atoms with E-state index in [1.807, 2.05) is 13.0 Å². The minimum absolute atomic E-state index is 0.172. The largest absolute Gasteiger partial charge is 0.468 e. The summed E-state index contributed by atoms with van der Waals surface area (Å²) in [4.78, 5) is 16.4. The first-order chi connectivity index (χ1) is 9.16. The smallest absolute Gasteiger partial charge is 0.260 e. The lowest BCUT2D eigenvalue weighted by Crippen LogP contribution is -2.14. The summed E-state index contributed by atoms with van der Waals surface area (Å²) in [5, 5.41) is 2.82. The Kier molecular flexibility index (Phi) is 3.14. The molecule has 1 N–H and O–H groups in total. The highest BCUT2D eigenvalue weighted by atomic mass is 79.9. The molecule has 1 aliphatic rings. The summed E-state index contributed by atoms with van der Waals surface area (Å²) in [5.41, 5.74) is 1.64. The van der Waals surface area contributed by atoms with Gasteiger partial charge in [-0.15, -0.1) is 0 Å². The summed E-state index contributed by atoms with van der Waals surface area (Å²) in [5.74, 6) is 1.56. The number of nitrogens with one attached hydrogen (secondary N) is 1. The van der Waals surface area contributed by atoms with Gasteiger partial charge in [-0.1, -0.05) is 0 Å². The second kappa shape index (κ2) is 4.81. The van der Waals surface area contributed by atoms with E-state index in [2.05, 4.69) is 26.2 Å². The molecule has 5 heteroatoms. The number of carbonyl (C=O) groups is 1. The standard InChI is InChI=1S/C14H13BrN2O2/c1-8-4-6-16-13(11(8)15)17-14(18)10-5-7-19-12(10)9-2-3-9/h4-7,9H,2-3H2,1H3,(H,16,17,18). The fraction of sp³-hybridized carbons (Fsp3) is 0.286. The number of pyridine rings is 1. The van der Waals surface area contributed by atoms with Crippen LogP contribution < -0.4 is 5.32 Å². The predicted molar refractivity (Wildman–Crippen MR) is 75.3 cm³/mol. The molecule has 0 spiro atoms. The fourth-order valence-corrected chi connectivity index (χ4v) is 2.31. The van der Waals surface area contributed by atoms with Crippen LogP contribution in [0.5, 0.6) is 0 Å². The molecule has 1 fully saturated rings. The van der Waals surface area contributed by atoms with Gasteiger partial charge in [0, 0.05) is 12.1 Å². The first-order valence-corrected chi connectivity index (χ1v) is 6.96. The van der Waals surface area contributed by atoms with Crippen LogP contribution in [-0.4, -0.2) is 10.9 Å². The lowest BCUT2D eigenvalue weighted by molar-refractivity contribution is 0.102. The summed E-state index contributed by atoms with van der Waals surface area (Å²) in [7, 11) is 0. The minimum Gasteiger partial charge on any atom is -0.468 e. The van der Waals surface area contributed by atoms with Gasteiger partial charge in [0.15, 0.2) is 0 Å². The molecule has 1 amide bonds. The van der Waals surface area contributed by atoms with E-state index in [1.54, 1.807) is 18.5 Å². The molecule has 1 aliphatic carbocycles. The van der Waals surface area contributed by atoms with E-state index >= 15 is 0 Å². The zero-order chi connectivity index (χ0) is 13.4. The maximum Gasteiger partial charge on any atom is 0.260 e. The van der Waals surface area contributed by atoms with Crippen molar-refractivity contribution in [3.05, 3.63) is 46.0 Å². The second-order valence-electron chi connectivity index (χ2n) is 4.72. The average molecular weight is 321 g/mol. The molecule has 19 heavy (non-hydrogen) atoms. The Bertz CT molecular complexity index is 632. The Morgan fingerprint density at radius 3 is 3.00 bits per heavy atom. The van der Waals surface area contributed by atoms with E-state index in [-0.39, 0.29) is 5.91 Å². The highest BCUT2D eigenvalue weighted by molar-refractivity contribution is 9.10. The number of aryl methyl sites for hydroxylation is 1. The number of nitrogens with zero attached hydrogens (tertiary/aromatic N) is 1. The number of hydrogen-bond acceptors (Lipinski definition) is 3. The average Bonchev–Trinajstić information content (AvgIpc) is 3.12. The SMILES string of the molecule is Cc1ccnc(NC(=O)c2ccoc2C2CC2)c1Br. The van der Waals surface area contributed by atoms with Crippen molar-refractivity contribution in [2.24, 2.45) is 0 Å². The monoisotopic (exact) mass is 320 g/mol. The first kappa shape index (κ1) is 12.4.